The summed E-state index contributed by atoms with van der Waals surface area (Å²) in [5, 5.41) is 5.79. The van der Waals surface area contributed by atoms with Gasteiger partial charge >= 0.3 is 0 Å². The van der Waals surface area contributed by atoms with E-state index in [1.54, 1.807) is 42.6 Å². The fourth-order valence-corrected chi connectivity index (χ4v) is 3.83. The van der Waals surface area contributed by atoms with E-state index < -0.39 is 0 Å². The number of aromatic nitrogens is 1. The number of carbonyl (C=O) groups excluding carboxylic acids is 2. The number of piperazine rings is 1. The summed E-state index contributed by atoms with van der Waals surface area (Å²) < 4.78 is 0. The van der Waals surface area contributed by atoms with Crippen LogP contribution in [0.3, 0.4) is 0 Å². The Balaban J connectivity index is 1.32. The van der Waals surface area contributed by atoms with E-state index in [0.29, 0.717) is 23.4 Å². The van der Waals surface area contributed by atoms with Crippen molar-refractivity contribution < 1.29 is 9.59 Å². The van der Waals surface area contributed by atoms with Crippen LogP contribution < -0.4 is 10.6 Å². The number of benzene rings is 2. The Bertz CT molecular complexity index is 1090. The highest BCUT2D eigenvalue weighted by atomic mass is 16.2. The van der Waals surface area contributed by atoms with Crippen LogP contribution in [-0.4, -0.2) is 59.8 Å². The number of likely N-dealkylation sites (N-methyl/N-ethyl adjacent to an activating group) is 1. The highest BCUT2D eigenvalue weighted by molar-refractivity contribution is 6.04. The molecule has 1 aromatic heterocycles. The summed E-state index contributed by atoms with van der Waals surface area (Å²) >= 11 is 0. The molecule has 0 spiro atoms. The zero-order valence-corrected chi connectivity index (χ0v) is 18.8. The van der Waals surface area contributed by atoms with Crippen molar-refractivity contribution in [3.05, 3.63) is 95.3 Å². The van der Waals surface area contributed by atoms with E-state index in [1.165, 1.54) is 11.8 Å². The molecule has 0 saturated carbocycles. The van der Waals surface area contributed by atoms with Crippen LogP contribution in [0.5, 0.6) is 0 Å². The van der Waals surface area contributed by atoms with Crippen LogP contribution >= 0.6 is 0 Å². The average Bonchev–Trinajstić information content (AvgIpc) is 2.85. The molecule has 1 aliphatic heterocycles. The lowest BCUT2D eigenvalue weighted by atomic mass is 10.1. The summed E-state index contributed by atoms with van der Waals surface area (Å²) in [7, 11) is 2.16. The van der Waals surface area contributed by atoms with Crippen molar-refractivity contribution in [2.24, 2.45) is 0 Å². The Morgan fingerprint density at radius 1 is 0.879 bits per heavy atom. The van der Waals surface area contributed by atoms with E-state index in [9.17, 15) is 9.59 Å². The second-order valence-corrected chi connectivity index (χ2v) is 8.36. The van der Waals surface area contributed by atoms with Gasteiger partial charge in [0.05, 0.1) is 5.56 Å². The predicted molar refractivity (Wildman–Crippen MR) is 129 cm³/mol. The molecule has 1 saturated heterocycles. The van der Waals surface area contributed by atoms with Gasteiger partial charge in [-0.3, -0.25) is 19.5 Å². The Kier molecular flexibility index (Phi) is 7.44. The van der Waals surface area contributed by atoms with Gasteiger partial charge < -0.3 is 15.5 Å². The van der Waals surface area contributed by atoms with Crippen LogP contribution in [-0.2, 0) is 13.1 Å². The molecule has 3 aromatic rings. The second-order valence-electron chi connectivity index (χ2n) is 8.36. The van der Waals surface area contributed by atoms with Gasteiger partial charge in [-0.15, -0.1) is 0 Å². The van der Waals surface area contributed by atoms with Crippen molar-refractivity contribution in [2.75, 3.05) is 38.5 Å². The van der Waals surface area contributed by atoms with Gasteiger partial charge in [-0.1, -0.05) is 30.3 Å². The number of hydrogen-bond donors (Lipinski definition) is 2. The van der Waals surface area contributed by atoms with Gasteiger partial charge in [0.25, 0.3) is 11.8 Å². The Morgan fingerprint density at radius 2 is 1.64 bits per heavy atom. The molecule has 0 unspecified atom stereocenters. The number of nitrogens with zero attached hydrogens (tertiary/aromatic N) is 3. The number of pyridine rings is 1. The lowest BCUT2D eigenvalue weighted by Gasteiger charge is -2.32. The second kappa shape index (κ2) is 10.8. The molecule has 1 aliphatic rings. The summed E-state index contributed by atoms with van der Waals surface area (Å²) in [6.07, 6.45) is 3.12. The van der Waals surface area contributed by atoms with Crippen LogP contribution in [0.2, 0.25) is 0 Å². The first-order valence-electron chi connectivity index (χ1n) is 11.2. The number of anilines is 1. The number of nitrogens with one attached hydrogen (secondary N) is 2. The zero-order valence-electron chi connectivity index (χ0n) is 18.8. The van der Waals surface area contributed by atoms with Crippen molar-refractivity contribution in [1.29, 1.82) is 0 Å². The average molecular weight is 444 g/mol. The van der Waals surface area contributed by atoms with Crippen LogP contribution in [0.15, 0.2) is 73.1 Å². The Morgan fingerprint density at radius 3 is 2.42 bits per heavy atom. The Labute approximate surface area is 194 Å². The lowest BCUT2D eigenvalue weighted by molar-refractivity contribution is 0.0949. The van der Waals surface area contributed by atoms with E-state index in [-0.39, 0.29) is 11.8 Å². The molecule has 2 N–H and O–H groups in total. The molecule has 0 bridgehead atoms. The first-order valence-corrected chi connectivity index (χ1v) is 11.2. The summed E-state index contributed by atoms with van der Waals surface area (Å²) in [6, 6.07) is 18.7. The Hall–Kier alpha value is -3.55. The monoisotopic (exact) mass is 443 g/mol. The summed E-state index contributed by atoms with van der Waals surface area (Å²) in [5.41, 5.74) is 3.84. The van der Waals surface area contributed by atoms with E-state index in [1.807, 2.05) is 12.1 Å². The third-order valence-electron chi connectivity index (χ3n) is 5.75. The SMILES string of the molecule is CN1CCN(Cc2cccc(CNC(=O)c3cccc(NC(=O)c4cccnc4)c3)c2)CC1. The minimum atomic E-state index is -0.266. The predicted octanol–water partition coefficient (Wildman–Crippen LogP) is 3.01. The van der Waals surface area contributed by atoms with Crippen molar-refractivity contribution >= 4 is 17.5 Å². The molecule has 1 fully saturated rings. The maximum atomic E-state index is 12.7. The summed E-state index contributed by atoms with van der Waals surface area (Å²) in [6.45, 7) is 5.71. The largest absolute Gasteiger partial charge is 0.348 e. The number of rotatable bonds is 7. The van der Waals surface area contributed by atoms with Crippen LogP contribution in [0, 0.1) is 0 Å². The van der Waals surface area contributed by atoms with Crippen molar-refractivity contribution in [3.8, 4) is 0 Å². The maximum absolute atomic E-state index is 12.7. The topological polar surface area (TPSA) is 77.6 Å². The van der Waals surface area contributed by atoms with Gasteiger partial charge in [0.15, 0.2) is 0 Å². The maximum Gasteiger partial charge on any atom is 0.257 e. The molecule has 0 aliphatic carbocycles. The first kappa shape index (κ1) is 22.6. The molecule has 2 aromatic carbocycles. The third kappa shape index (κ3) is 6.47. The fraction of sp³-hybridized carbons (Fsp3) is 0.269. The molecule has 7 heteroatoms. The van der Waals surface area contributed by atoms with Gasteiger partial charge in [-0.25, -0.2) is 0 Å². The molecule has 7 nitrogen and oxygen atoms in total. The zero-order chi connectivity index (χ0) is 23.0. The third-order valence-corrected chi connectivity index (χ3v) is 5.75. The normalized spacial score (nSPS) is 14.6. The van der Waals surface area contributed by atoms with Gasteiger partial charge in [0.1, 0.15) is 0 Å². The van der Waals surface area contributed by atoms with E-state index in [2.05, 4.69) is 44.6 Å². The molecular weight excluding hydrogens is 414 g/mol. The van der Waals surface area contributed by atoms with Gasteiger partial charge in [0.2, 0.25) is 0 Å². The van der Waals surface area contributed by atoms with Gasteiger partial charge in [-0.05, 0) is 48.5 Å². The first-order chi connectivity index (χ1) is 16.1. The molecule has 4 rings (SSSR count). The quantitative estimate of drug-likeness (QED) is 0.587. The smallest absolute Gasteiger partial charge is 0.257 e. The molecule has 2 amide bonds. The number of amides is 2. The molecule has 2 heterocycles. The molecule has 170 valence electrons. The summed E-state index contributed by atoms with van der Waals surface area (Å²) in [5.74, 6) is -0.449. The van der Waals surface area contributed by atoms with Crippen LogP contribution in [0.4, 0.5) is 5.69 Å². The van der Waals surface area contributed by atoms with E-state index in [0.717, 1.165) is 38.3 Å². The van der Waals surface area contributed by atoms with E-state index in [4.69, 9.17) is 0 Å². The lowest BCUT2D eigenvalue weighted by Crippen LogP contribution is -2.43. The fourth-order valence-electron chi connectivity index (χ4n) is 3.83. The molecule has 0 atom stereocenters. The molecular formula is C26H29N5O2. The standard InChI is InChI=1S/C26H29N5O2/c1-30-11-13-31(14-12-30)19-21-6-2-5-20(15-21)17-28-25(32)22-7-3-9-24(16-22)29-26(33)23-8-4-10-27-18-23/h2-10,15-16,18H,11-14,17,19H2,1H3,(H,28,32)(H,29,33). The van der Waals surface area contributed by atoms with Crippen molar-refractivity contribution in [1.82, 2.24) is 20.1 Å². The van der Waals surface area contributed by atoms with Crippen LogP contribution in [0.25, 0.3) is 0 Å². The van der Waals surface area contributed by atoms with Gasteiger partial charge in [-0.2, -0.15) is 0 Å². The minimum Gasteiger partial charge on any atom is -0.348 e. The molecule has 0 radical (unpaired) electrons. The van der Waals surface area contributed by atoms with Crippen molar-refractivity contribution in [2.45, 2.75) is 13.1 Å². The van der Waals surface area contributed by atoms with Crippen LogP contribution in [0.1, 0.15) is 31.8 Å². The minimum absolute atomic E-state index is 0.183. The molecule has 33 heavy (non-hydrogen) atoms. The highest BCUT2D eigenvalue weighted by Crippen LogP contribution is 2.14. The van der Waals surface area contributed by atoms with Crippen molar-refractivity contribution in [3.63, 3.8) is 0 Å². The number of carbonyl (C=O) groups is 2. The van der Waals surface area contributed by atoms with E-state index >= 15 is 0 Å². The highest BCUT2D eigenvalue weighted by Gasteiger charge is 2.14. The summed E-state index contributed by atoms with van der Waals surface area (Å²) in [4.78, 5) is 33.8. The van der Waals surface area contributed by atoms with Gasteiger partial charge in [0, 0.05) is 62.9 Å². The number of hydrogen-bond acceptors (Lipinski definition) is 5.